The number of hydrogen-bond donors (Lipinski definition) is 0. The van der Waals surface area contributed by atoms with Crippen molar-refractivity contribution in [1.82, 2.24) is 25.1 Å². The van der Waals surface area contributed by atoms with Crippen LogP contribution in [0.2, 0.25) is 0 Å². The van der Waals surface area contributed by atoms with Crippen molar-refractivity contribution in [1.29, 1.82) is 0 Å². The van der Waals surface area contributed by atoms with E-state index in [1.807, 2.05) is 24.3 Å². The number of fused-ring (bicyclic) bond motifs is 1. The Balaban J connectivity index is 1.39. The molecule has 9 heteroatoms. The summed E-state index contributed by atoms with van der Waals surface area (Å²) in [6, 6.07) is 13.7. The van der Waals surface area contributed by atoms with Crippen LogP contribution in [0.4, 0.5) is 4.39 Å². The Morgan fingerprint density at radius 1 is 1.17 bits per heavy atom. The summed E-state index contributed by atoms with van der Waals surface area (Å²) in [7, 11) is 1.63. The van der Waals surface area contributed by atoms with Gasteiger partial charge >= 0.3 is 0 Å². The van der Waals surface area contributed by atoms with Crippen molar-refractivity contribution in [3.8, 4) is 28.7 Å². The second kappa shape index (κ2) is 7.10. The van der Waals surface area contributed by atoms with Gasteiger partial charge in [0.25, 0.3) is 5.89 Å². The molecule has 0 spiro atoms. The summed E-state index contributed by atoms with van der Waals surface area (Å²) in [5.74, 6) is 0.923. The lowest BCUT2D eigenvalue weighted by Gasteiger charge is -2.24. The van der Waals surface area contributed by atoms with E-state index in [1.165, 1.54) is 12.1 Å². The zero-order chi connectivity index (χ0) is 19.8. The molecule has 0 aliphatic carbocycles. The molecule has 146 valence electrons. The summed E-state index contributed by atoms with van der Waals surface area (Å²) in [6.07, 6.45) is -0.143. The minimum Gasteiger partial charge on any atom is -0.497 e. The van der Waals surface area contributed by atoms with Gasteiger partial charge in [0.2, 0.25) is 5.82 Å². The van der Waals surface area contributed by atoms with Gasteiger partial charge in [-0.3, -0.25) is 0 Å². The lowest BCUT2D eigenvalue weighted by atomic mass is 10.1. The van der Waals surface area contributed by atoms with Gasteiger partial charge in [-0.05, 0) is 35.9 Å². The van der Waals surface area contributed by atoms with Gasteiger partial charge in [-0.2, -0.15) is 4.98 Å². The second-order valence-corrected chi connectivity index (χ2v) is 6.57. The highest BCUT2D eigenvalue weighted by molar-refractivity contribution is 5.58. The molecule has 2 aromatic carbocycles. The number of methoxy groups -OCH3 is 1. The van der Waals surface area contributed by atoms with Crippen LogP contribution in [0.15, 0.2) is 53.1 Å². The van der Waals surface area contributed by atoms with E-state index >= 15 is 0 Å². The summed E-state index contributed by atoms with van der Waals surface area (Å²) in [5.41, 5.74) is 2.79. The van der Waals surface area contributed by atoms with Crippen LogP contribution in [0.3, 0.4) is 0 Å². The van der Waals surface area contributed by atoms with Crippen LogP contribution < -0.4 is 4.74 Å². The first-order chi connectivity index (χ1) is 14.2. The predicted molar refractivity (Wildman–Crippen MR) is 99.2 cm³/mol. The van der Waals surface area contributed by atoms with Crippen molar-refractivity contribution in [2.75, 3.05) is 7.11 Å². The number of rotatable bonds is 4. The Labute approximate surface area is 164 Å². The zero-order valence-corrected chi connectivity index (χ0v) is 15.4. The average Bonchev–Trinajstić information content (AvgIpc) is 3.40. The Morgan fingerprint density at radius 2 is 2.03 bits per heavy atom. The van der Waals surface area contributed by atoms with E-state index in [9.17, 15) is 4.39 Å². The Kier molecular flexibility index (Phi) is 4.28. The fraction of sp³-hybridized carbons (Fsp3) is 0.200. The van der Waals surface area contributed by atoms with Gasteiger partial charge in [0.05, 0.1) is 26.0 Å². The SMILES string of the molecule is COc1ccc([C@H]2Cn3nnc(-c4noc(-c5cccc(F)c5)n4)c3CO2)cc1. The van der Waals surface area contributed by atoms with E-state index < -0.39 is 0 Å². The number of hydrogen-bond acceptors (Lipinski definition) is 7. The first-order valence-electron chi connectivity index (χ1n) is 8.99. The molecule has 0 unspecified atom stereocenters. The number of aromatic nitrogens is 5. The van der Waals surface area contributed by atoms with Gasteiger partial charge < -0.3 is 14.0 Å². The van der Waals surface area contributed by atoms with E-state index in [4.69, 9.17) is 14.0 Å². The van der Waals surface area contributed by atoms with Crippen molar-refractivity contribution < 1.29 is 18.4 Å². The molecule has 1 aliphatic rings. The molecule has 0 N–H and O–H groups in total. The van der Waals surface area contributed by atoms with Crippen LogP contribution in [-0.4, -0.2) is 32.2 Å². The summed E-state index contributed by atoms with van der Waals surface area (Å²) < 4.78 is 31.7. The molecule has 8 nitrogen and oxygen atoms in total. The quantitative estimate of drug-likeness (QED) is 0.525. The smallest absolute Gasteiger partial charge is 0.258 e. The molecule has 1 atom stereocenters. The lowest BCUT2D eigenvalue weighted by molar-refractivity contribution is -0.00114. The normalized spacial score (nSPS) is 15.9. The molecule has 0 radical (unpaired) electrons. The first kappa shape index (κ1) is 17.5. The van der Waals surface area contributed by atoms with Gasteiger partial charge in [0.15, 0.2) is 5.69 Å². The molecule has 3 heterocycles. The van der Waals surface area contributed by atoms with Crippen LogP contribution in [0.5, 0.6) is 5.75 Å². The number of ether oxygens (including phenoxy) is 2. The summed E-state index contributed by atoms with van der Waals surface area (Å²) in [6.45, 7) is 0.826. The van der Waals surface area contributed by atoms with E-state index in [-0.39, 0.29) is 23.6 Å². The Bertz CT molecular complexity index is 1160. The molecule has 29 heavy (non-hydrogen) atoms. The minimum atomic E-state index is -0.374. The van der Waals surface area contributed by atoms with Gasteiger partial charge in [-0.15, -0.1) is 5.10 Å². The fourth-order valence-corrected chi connectivity index (χ4v) is 3.26. The topological polar surface area (TPSA) is 88.1 Å². The fourth-order valence-electron chi connectivity index (χ4n) is 3.26. The monoisotopic (exact) mass is 393 g/mol. The summed E-state index contributed by atoms with van der Waals surface area (Å²) in [5, 5.41) is 12.4. The average molecular weight is 393 g/mol. The molecule has 2 aromatic heterocycles. The molecule has 0 saturated carbocycles. The maximum absolute atomic E-state index is 13.4. The van der Waals surface area contributed by atoms with E-state index in [0.29, 0.717) is 24.4 Å². The number of benzene rings is 2. The molecule has 0 saturated heterocycles. The largest absolute Gasteiger partial charge is 0.497 e. The lowest BCUT2D eigenvalue weighted by Crippen LogP contribution is -2.22. The highest BCUT2D eigenvalue weighted by Gasteiger charge is 2.27. The zero-order valence-electron chi connectivity index (χ0n) is 15.4. The third-order valence-electron chi connectivity index (χ3n) is 4.79. The molecular weight excluding hydrogens is 377 g/mol. The van der Waals surface area contributed by atoms with Crippen LogP contribution in [0.25, 0.3) is 23.0 Å². The van der Waals surface area contributed by atoms with Crippen molar-refractivity contribution in [3.63, 3.8) is 0 Å². The van der Waals surface area contributed by atoms with Crippen molar-refractivity contribution in [2.45, 2.75) is 19.3 Å². The summed E-state index contributed by atoms with van der Waals surface area (Å²) >= 11 is 0. The van der Waals surface area contributed by atoms with Gasteiger partial charge in [0, 0.05) is 5.56 Å². The standard InChI is InChI=1S/C20H16FN5O3/c1-27-15-7-5-12(6-8-15)17-10-26-16(11-28-17)18(23-25-26)19-22-20(29-24-19)13-3-2-4-14(21)9-13/h2-9,17H,10-11H2,1H3/t17-/m1/s1. The maximum Gasteiger partial charge on any atom is 0.258 e. The highest BCUT2D eigenvalue weighted by atomic mass is 19.1. The van der Waals surface area contributed by atoms with Crippen molar-refractivity contribution >= 4 is 0 Å². The first-order valence-corrected chi connectivity index (χ1v) is 8.99. The molecule has 4 aromatic rings. The minimum absolute atomic E-state index is 0.143. The van der Waals surface area contributed by atoms with Crippen molar-refractivity contribution in [3.05, 3.63) is 65.6 Å². The highest BCUT2D eigenvalue weighted by Crippen LogP contribution is 2.31. The molecule has 0 bridgehead atoms. The van der Waals surface area contributed by atoms with Crippen LogP contribution >= 0.6 is 0 Å². The van der Waals surface area contributed by atoms with E-state index in [0.717, 1.165) is 17.0 Å². The molecule has 0 fully saturated rings. The number of halogens is 1. The van der Waals surface area contributed by atoms with Gasteiger partial charge in [0.1, 0.15) is 17.7 Å². The van der Waals surface area contributed by atoms with E-state index in [2.05, 4.69) is 20.5 Å². The van der Waals surface area contributed by atoms with Gasteiger partial charge in [-0.1, -0.05) is 28.6 Å². The van der Waals surface area contributed by atoms with Crippen LogP contribution in [0.1, 0.15) is 17.4 Å². The van der Waals surface area contributed by atoms with Crippen molar-refractivity contribution in [2.24, 2.45) is 0 Å². The van der Waals surface area contributed by atoms with Crippen LogP contribution in [0, 0.1) is 5.82 Å². The molecule has 1 aliphatic heterocycles. The molecular formula is C20H16FN5O3. The Hall–Kier alpha value is -3.59. The molecule has 5 rings (SSSR count). The number of nitrogens with zero attached hydrogens (tertiary/aromatic N) is 5. The second-order valence-electron chi connectivity index (χ2n) is 6.57. The third-order valence-corrected chi connectivity index (χ3v) is 4.79. The van der Waals surface area contributed by atoms with Crippen LogP contribution in [-0.2, 0) is 17.9 Å². The predicted octanol–water partition coefficient (Wildman–Crippen LogP) is 3.41. The third kappa shape index (κ3) is 3.25. The summed E-state index contributed by atoms with van der Waals surface area (Å²) in [4.78, 5) is 4.34. The maximum atomic E-state index is 13.4. The Morgan fingerprint density at radius 3 is 2.83 bits per heavy atom. The van der Waals surface area contributed by atoms with Gasteiger partial charge in [-0.25, -0.2) is 9.07 Å². The van der Waals surface area contributed by atoms with E-state index in [1.54, 1.807) is 23.9 Å². The molecule has 0 amide bonds.